The van der Waals surface area contributed by atoms with Gasteiger partial charge in [0.25, 0.3) is 0 Å². The van der Waals surface area contributed by atoms with Crippen LogP contribution in [0.25, 0.3) is 0 Å². The predicted molar refractivity (Wildman–Crippen MR) is 68.6 cm³/mol. The van der Waals surface area contributed by atoms with Gasteiger partial charge < -0.3 is 15.5 Å². The Morgan fingerprint density at radius 1 is 1.35 bits per heavy atom. The number of hydrogen-bond donors (Lipinski definition) is 2. The Kier molecular flexibility index (Phi) is 4.00. The topological polar surface area (TPSA) is 77.0 Å². The molecule has 0 bridgehead atoms. The maximum Gasteiger partial charge on any atom is 0.320 e. The molecule has 90 valence electrons. The molecule has 0 atom stereocenters. The van der Waals surface area contributed by atoms with E-state index in [1.165, 1.54) is 0 Å². The quantitative estimate of drug-likeness (QED) is 0.791. The number of benzene rings is 1. The van der Waals surface area contributed by atoms with Crippen LogP contribution in [-0.4, -0.2) is 23.0 Å². The molecule has 0 spiro atoms. The molecule has 0 aliphatic carbocycles. The fourth-order valence-electron chi connectivity index (χ4n) is 1.39. The second-order valence-electron chi connectivity index (χ2n) is 3.36. The largest absolute Gasteiger partial charge is 0.408 e. The summed E-state index contributed by atoms with van der Waals surface area (Å²) in [6.45, 7) is 0.503. The van der Waals surface area contributed by atoms with Crippen molar-refractivity contribution in [3.63, 3.8) is 0 Å². The summed E-state index contributed by atoms with van der Waals surface area (Å²) in [5, 5.41) is 10.9. The standard InChI is InChI=1S/C11H14N4OS/c1-17-9-5-3-2-4-8(9)13-11-15-14-10(16-11)6-7-12/h2-5H,6-7,12H2,1H3,(H,13,15). The van der Waals surface area contributed by atoms with Gasteiger partial charge in [0.15, 0.2) is 0 Å². The van der Waals surface area contributed by atoms with Gasteiger partial charge in [-0.15, -0.1) is 16.9 Å². The van der Waals surface area contributed by atoms with Crippen LogP contribution in [0.2, 0.25) is 0 Å². The van der Waals surface area contributed by atoms with Crippen molar-refractivity contribution in [1.29, 1.82) is 0 Å². The van der Waals surface area contributed by atoms with Crippen molar-refractivity contribution in [2.45, 2.75) is 11.3 Å². The molecule has 0 radical (unpaired) electrons. The van der Waals surface area contributed by atoms with Crippen LogP contribution in [0.5, 0.6) is 0 Å². The summed E-state index contributed by atoms with van der Waals surface area (Å²) in [4.78, 5) is 1.13. The van der Waals surface area contributed by atoms with Gasteiger partial charge in [0.05, 0.1) is 5.69 Å². The monoisotopic (exact) mass is 250 g/mol. The third-order valence-corrected chi connectivity index (χ3v) is 2.97. The van der Waals surface area contributed by atoms with E-state index in [-0.39, 0.29) is 0 Å². The highest BCUT2D eigenvalue weighted by Crippen LogP contribution is 2.27. The van der Waals surface area contributed by atoms with Crippen molar-refractivity contribution in [3.05, 3.63) is 30.2 Å². The molecule has 0 saturated heterocycles. The Bertz CT molecular complexity index is 486. The third-order valence-electron chi connectivity index (χ3n) is 2.17. The van der Waals surface area contributed by atoms with Crippen LogP contribution >= 0.6 is 11.8 Å². The molecule has 1 heterocycles. The molecular formula is C11H14N4OS. The van der Waals surface area contributed by atoms with Gasteiger partial charge in [0.1, 0.15) is 0 Å². The summed E-state index contributed by atoms with van der Waals surface area (Å²) >= 11 is 1.66. The second kappa shape index (κ2) is 5.70. The van der Waals surface area contributed by atoms with Crippen molar-refractivity contribution in [2.75, 3.05) is 18.1 Å². The lowest BCUT2D eigenvalue weighted by Crippen LogP contribution is -2.02. The summed E-state index contributed by atoms with van der Waals surface area (Å²) in [6.07, 6.45) is 2.62. The van der Waals surface area contributed by atoms with E-state index in [2.05, 4.69) is 15.5 Å². The van der Waals surface area contributed by atoms with Crippen LogP contribution in [0.1, 0.15) is 5.89 Å². The first-order valence-electron chi connectivity index (χ1n) is 5.26. The lowest BCUT2D eigenvalue weighted by molar-refractivity contribution is 0.509. The van der Waals surface area contributed by atoms with E-state index in [4.69, 9.17) is 10.2 Å². The van der Waals surface area contributed by atoms with E-state index >= 15 is 0 Å². The van der Waals surface area contributed by atoms with Crippen molar-refractivity contribution in [3.8, 4) is 0 Å². The molecule has 5 nitrogen and oxygen atoms in total. The number of rotatable bonds is 5. The van der Waals surface area contributed by atoms with Gasteiger partial charge >= 0.3 is 6.01 Å². The van der Waals surface area contributed by atoms with E-state index in [9.17, 15) is 0 Å². The summed E-state index contributed by atoms with van der Waals surface area (Å²) in [6, 6.07) is 8.35. The maximum atomic E-state index is 5.42. The highest BCUT2D eigenvalue weighted by atomic mass is 32.2. The maximum absolute atomic E-state index is 5.42. The average Bonchev–Trinajstić information content (AvgIpc) is 2.78. The number of nitrogens with two attached hydrogens (primary N) is 1. The number of anilines is 2. The van der Waals surface area contributed by atoms with Gasteiger partial charge in [0, 0.05) is 17.9 Å². The zero-order chi connectivity index (χ0) is 12.1. The summed E-state index contributed by atoms with van der Waals surface area (Å²) in [7, 11) is 0. The van der Waals surface area contributed by atoms with Crippen LogP contribution in [0.4, 0.5) is 11.7 Å². The van der Waals surface area contributed by atoms with Gasteiger partial charge in [-0.2, -0.15) is 0 Å². The first-order chi connectivity index (χ1) is 8.33. The van der Waals surface area contributed by atoms with Crippen molar-refractivity contribution in [2.24, 2.45) is 5.73 Å². The van der Waals surface area contributed by atoms with E-state index in [0.29, 0.717) is 24.9 Å². The van der Waals surface area contributed by atoms with Gasteiger partial charge in [-0.3, -0.25) is 0 Å². The molecule has 2 aromatic rings. The van der Waals surface area contributed by atoms with Crippen LogP contribution < -0.4 is 11.1 Å². The fraction of sp³-hybridized carbons (Fsp3) is 0.273. The smallest absolute Gasteiger partial charge is 0.320 e. The number of thioether (sulfide) groups is 1. The first kappa shape index (κ1) is 11.9. The van der Waals surface area contributed by atoms with Crippen molar-refractivity contribution >= 4 is 23.5 Å². The third kappa shape index (κ3) is 2.98. The Morgan fingerprint density at radius 2 is 2.18 bits per heavy atom. The minimum absolute atomic E-state index is 0.398. The minimum Gasteiger partial charge on any atom is -0.408 e. The van der Waals surface area contributed by atoms with E-state index in [0.717, 1.165) is 10.6 Å². The molecule has 0 saturated carbocycles. The van der Waals surface area contributed by atoms with Crippen LogP contribution in [-0.2, 0) is 6.42 Å². The van der Waals surface area contributed by atoms with Crippen LogP contribution in [0.15, 0.2) is 33.6 Å². The number of hydrogen-bond acceptors (Lipinski definition) is 6. The van der Waals surface area contributed by atoms with Crippen LogP contribution in [0.3, 0.4) is 0 Å². The predicted octanol–water partition coefficient (Wildman–Crippen LogP) is 2.04. The molecule has 2 rings (SSSR count). The van der Waals surface area contributed by atoms with Gasteiger partial charge in [-0.1, -0.05) is 17.2 Å². The highest BCUT2D eigenvalue weighted by molar-refractivity contribution is 7.98. The number of aromatic nitrogens is 2. The normalized spacial score (nSPS) is 10.5. The first-order valence-corrected chi connectivity index (χ1v) is 6.48. The zero-order valence-corrected chi connectivity index (χ0v) is 10.3. The molecule has 17 heavy (non-hydrogen) atoms. The zero-order valence-electron chi connectivity index (χ0n) is 9.51. The molecule has 1 aromatic heterocycles. The highest BCUT2D eigenvalue weighted by Gasteiger charge is 2.07. The molecule has 0 aliphatic rings. The van der Waals surface area contributed by atoms with Gasteiger partial charge in [0.2, 0.25) is 5.89 Å². The summed E-state index contributed by atoms with van der Waals surface area (Å²) in [5.74, 6) is 0.552. The molecule has 6 heteroatoms. The number of nitrogens with one attached hydrogen (secondary N) is 1. The molecule has 1 aromatic carbocycles. The Balaban J connectivity index is 2.13. The number of para-hydroxylation sites is 1. The lowest BCUT2D eigenvalue weighted by atomic mass is 10.3. The second-order valence-corrected chi connectivity index (χ2v) is 4.21. The molecule has 0 amide bonds. The molecule has 0 unspecified atom stereocenters. The summed E-state index contributed by atoms with van der Waals surface area (Å²) in [5.41, 5.74) is 6.38. The van der Waals surface area contributed by atoms with Gasteiger partial charge in [-0.05, 0) is 18.4 Å². The summed E-state index contributed by atoms with van der Waals surface area (Å²) < 4.78 is 5.40. The SMILES string of the molecule is CSc1ccccc1Nc1nnc(CCN)o1. The average molecular weight is 250 g/mol. The molecule has 0 fully saturated rings. The lowest BCUT2D eigenvalue weighted by Gasteiger charge is -2.05. The molecule has 0 aliphatic heterocycles. The van der Waals surface area contributed by atoms with E-state index in [1.807, 2.05) is 30.5 Å². The minimum atomic E-state index is 0.398. The molecule has 3 N–H and O–H groups in total. The fourth-order valence-corrected chi connectivity index (χ4v) is 1.95. The van der Waals surface area contributed by atoms with E-state index in [1.54, 1.807) is 11.8 Å². The Labute approximate surface area is 104 Å². The van der Waals surface area contributed by atoms with Crippen molar-refractivity contribution in [1.82, 2.24) is 10.2 Å². The van der Waals surface area contributed by atoms with Gasteiger partial charge in [-0.25, -0.2) is 0 Å². The molecular weight excluding hydrogens is 236 g/mol. The van der Waals surface area contributed by atoms with Crippen molar-refractivity contribution < 1.29 is 4.42 Å². The Morgan fingerprint density at radius 3 is 2.94 bits per heavy atom. The van der Waals surface area contributed by atoms with Crippen LogP contribution in [0, 0.1) is 0 Å². The number of nitrogens with zero attached hydrogens (tertiary/aromatic N) is 2. The van der Waals surface area contributed by atoms with E-state index < -0.39 is 0 Å². The Hall–Kier alpha value is -1.53.